The van der Waals surface area contributed by atoms with Gasteiger partial charge in [-0.3, -0.25) is 9.36 Å². The van der Waals surface area contributed by atoms with Crippen molar-refractivity contribution < 1.29 is 24.9 Å². The molecule has 1 aliphatic heterocycles. The van der Waals surface area contributed by atoms with E-state index in [4.69, 9.17) is 35.3 Å². The minimum atomic E-state index is -1.27. The third-order valence-electron chi connectivity index (χ3n) is 9.25. The number of aromatic amines is 1. The van der Waals surface area contributed by atoms with Crippen LogP contribution in [-0.2, 0) is 9.53 Å². The van der Waals surface area contributed by atoms with Crippen LogP contribution in [-0.4, -0.2) is 87.3 Å². The number of nitrogens with zero attached hydrogens (tertiary/aromatic N) is 6. The van der Waals surface area contributed by atoms with Gasteiger partial charge < -0.3 is 41.4 Å². The Morgan fingerprint density at radius 3 is 2.22 bits per heavy atom. The quantitative estimate of drug-likeness (QED) is 0.104. The van der Waals surface area contributed by atoms with Gasteiger partial charge in [-0.2, -0.15) is 9.97 Å². The first-order valence-corrected chi connectivity index (χ1v) is 16.9. The van der Waals surface area contributed by atoms with Gasteiger partial charge in [0.05, 0.1) is 6.33 Å². The number of anilines is 2. The van der Waals surface area contributed by atoms with Gasteiger partial charge in [0.25, 0.3) is 6.47 Å². The number of hydrogen-bond donors (Lipinski definition) is 7. The number of imidazole rings is 1. The van der Waals surface area contributed by atoms with Crippen molar-refractivity contribution in [3.05, 3.63) is 89.8 Å². The normalized spacial score (nSPS) is 23.5. The first-order valence-electron chi connectivity index (χ1n) is 16.9. The summed E-state index contributed by atoms with van der Waals surface area (Å²) in [5.74, 6) is 2.20. The molecular formula is C35H44N10O5. The molecule has 0 bridgehead atoms. The molecule has 2 aliphatic rings. The molecule has 2 aromatic carbocycles. The molecule has 0 amide bonds. The van der Waals surface area contributed by atoms with Crippen LogP contribution in [0, 0.1) is 0 Å². The average Bonchev–Trinajstić information content (AvgIpc) is 3.85. The summed E-state index contributed by atoms with van der Waals surface area (Å²) in [6.45, 7) is 4.29. The third kappa shape index (κ3) is 7.60. The maximum atomic E-state index is 11.2. The number of aliphatic hydroxyl groups is 2. The van der Waals surface area contributed by atoms with Crippen molar-refractivity contribution in [1.29, 1.82) is 0 Å². The van der Waals surface area contributed by atoms with Gasteiger partial charge in [-0.25, -0.2) is 4.98 Å². The zero-order chi connectivity index (χ0) is 35.2. The number of rotatable bonds is 10. The molecule has 0 unspecified atom stereocenters. The molecule has 7 rings (SSSR count). The first kappa shape index (κ1) is 34.9. The molecule has 2 fully saturated rings. The number of fused-ring (bicyclic) bond motifs is 1. The lowest BCUT2D eigenvalue weighted by atomic mass is 9.91. The molecule has 5 aromatic rings. The number of carboxylic acid groups (broad SMARTS) is 1. The van der Waals surface area contributed by atoms with Crippen LogP contribution in [0.3, 0.4) is 0 Å². The van der Waals surface area contributed by atoms with Crippen molar-refractivity contribution in [1.82, 2.24) is 34.7 Å². The summed E-state index contributed by atoms with van der Waals surface area (Å²) in [5, 5.41) is 44.6. The topological polar surface area (TPSA) is 222 Å². The molecule has 264 valence electrons. The second kappa shape index (κ2) is 15.7. The van der Waals surface area contributed by atoms with Crippen LogP contribution >= 0.6 is 0 Å². The summed E-state index contributed by atoms with van der Waals surface area (Å²) >= 11 is 0. The zero-order valence-electron chi connectivity index (χ0n) is 28.0. The Balaban J connectivity index is 0.00000139. The van der Waals surface area contributed by atoms with E-state index in [1.54, 1.807) is 10.9 Å². The van der Waals surface area contributed by atoms with Crippen LogP contribution in [0.1, 0.15) is 86.5 Å². The molecule has 4 atom stereocenters. The molecule has 8 N–H and O–H groups in total. The van der Waals surface area contributed by atoms with Crippen LogP contribution in [0.25, 0.3) is 11.2 Å². The summed E-state index contributed by atoms with van der Waals surface area (Å²) < 4.78 is 7.90. The maximum Gasteiger partial charge on any atom is 0.290 e. The second-order valence-corrected chi connectivity index (χ2v) is 13.0. The number of aromatic nitrogens is 7. The largest absolute Gasteiger partial charge is 0.483 e. The molecular weight excluding hydrogens is 640 g/mol. The molecule has 1 saturated carbocycles. The van der Waals surface area contributed by atoms with Gasteiger partial charge in [0, 0.05) is 30.5 Å². The predicted molar refractivity (Wildman–Crippen MR) is 186 cm³/mol. The van der Waals surface area contributed by atoms with E-state index in [9.17, 15) is 10.2 Å². The van der Waals surface area contributed by atoms with Crippen molar-refractivity contribution in [2.45, 2.75) is 88.0 Å². The van der Waals surface area contributed by atoms with E-state index in [1.165, 1.54) is 11.1 Å². The summed E-state index contributed by atoms with van der Waals surface area (Å²) in [7, 11) is 0. The molecule has 15 nitrogen and oxygen atoms in total. The van der Waals surface area contributed by atoms with Gasteiger partial charge in [-0.1, -0.05) is 74.5 Å². The van der Waals surface area contributed by atoms with E-state index < -0.39 is 24.5 Å². The number of H-pyrrole nitrogens is 1. The van der Waals surface area contributed by atoms with Crippen molar-refractivity contribution in [2.75, 3.05) is 17.2 Å². The molecule has 1 saturated heterocycles. The fraction of sp³-hybridized carbons (Fsp3) is 0.429. The van der Waals surface area contributed by atoms with Gasteiger partial charge >= 0.3 is 0 Å². The molecule has 4 heterocycles. The fourth-order valence-corrected chi connectivity index (χ4v) is 6.53. The van der Waals surface area contributed by atoms with E-state index in [0.717, 1.165) is 25.7 Å². The monoisotopic (exact) mass is 684 g/mol. The zero-order valence-corrected chi connectivity index (χ0v) is 28.0. The highest BCUT2D eigenvalue weighted by Gasteiger charge is 2.47. The minimum Gasteiger partial charge on any atom is -0.483 e. The summed E-state index contributed by atoms with van der Waals surface area (Å²) in [6.07, 6.45) is 0.874. The number of ether oxygens (including phenoxy) is 1. The third-order valence-corrected chi connectivity index (χ3v) is 9.25. The van der Waals surface area contributed by atoms with E-state index >= 15 is 0 Å². The number of hydrogen-bond acceptors (Lipinski definition) is 12. The highest BCUT2D eigenvalue weighted by Crippen LogP contribution is 2.39. The van der Waals surface area contributed by atoms with Gasteiger partial charge in [0.1, 0.15) is 24.1 Å². The number of carbonyl (C=O) groups is 1. The predicted octanol–water partition coefficient (Wildman–Crippen LogP) is 3.69. The Bertz CT molecular complexity index is 1790. The lowest BCUT2D eigenvalue weighted by molar-refractivity contribution is -0.122. The van der Waals surface area contributed by atoms with Crippen molar-refractivity contribution in [3.63, 3.8) is 0 Å². The van der Waals surface area contributed by atoms with Gasteiger partial charge in [0.15, 0.2) is 29.0 Å². The Morgan fingerprint density at radius 2 is 1.62 bits per heavy atom. The van der Waals surface area contributed by atoms with Gasteiger partial charge in [0.2, 0.25) is 5.95 Å². The Labute approximate surface area is 289 Å². The van der Waals surface area contributed by atoms with Gasteiger partial charge in [-0.15, -0.1) is 10.2 Å². The molecule has 0 radical (unpaired) electrons. The van der Waals surface area contributed by atoms with Crippen LogP contribution in [0.15, 0.2) is 67.0 Å². The van der Waals surface area contributed by atoms with Crippen LogP contribution in [0.5, 0.6) is 0 Å². The Hall–Kier alpha value is -4.96. The number of benzene rings is 2. The summed E-state index contributed by atoms with van der Waals surface area (Å²) in [6, 6.07) is 21.1. The smallest absolute Gasteiger partial charge is 0.290 e. The lowest BCUT2D eigenvalue weighted by Gasteiger charge is -2.27. The van der Waals surface area contributed by atoms with E-state index in [1.807, 2.05) is 50.2 Å². The molecule has 15 heteroatoms. The van der Waals surface area contributed by atoms with Crippen molar-refractivity contribution in [3.8, 4) is 0 Å². The molecule has 0 spiro atoms. The van der Waals surface area contributed by atoms with E-state index in [-0.39, 0.29) is 30.4 Å². The maximum absolute atomic E-state index is 11.2. The first-order chi connectivity index (χ1) is 24.3. The summed E-state index contributed by atoms with van der Waals surface area (Å²) in [5.41, 5.74) is 9.51. The Morgan fingerprint density at radius 1 is 0.980 bits per heavy atom. The molecule has 50 heavy (non-hydrogen) atoms. The minimum absolute atomic E-state index is 0.0503. The van der Waals surface area contributed by atoms with E-state index in [0.29, 0.717) is 41.1 Å². The molecule has 1 aliphatic carbocycles. The second-order valence-electron chi connectivity index (χ2n) is 13.0. The standard InChI is InChI=1S/C34H42N10O3.CH2O2/c1-19(2)29-39-31(43-42-29)28-26(45)27(46)33(47-28)44-18-37-25-30(40-34(41-32(25)44)38-23-15-13-22(35)14-16-23)36-17-24(20-9-5-3-6-10-20)21-11-7-4-8-12-21;2-1-3/h3-12,18-19,22-24,26-28,33,45-46H,13-17,35H2,1-2H3,(H,39,42,43)(H2,36,38,40,41);1H,(H,2,3)/t22-,23-,26-,27+,28-,33+;/m0./s1. The average molecular weight is 685 g/mol. The number of aliphatic hydroxyl groups excluding tert-OH is 2. The molecule has 3 aromatic heterocycles. The highest BCUT2D eigenvalue weighted by atomic mass is 16.6. The van der Waals surface area contributed by atoms with E-state index in [2.05, 4.69) is 50.1 Å². The Kier molecular flexibility index (Phi) is 11.0. The number of nitrogens with two attached hydrogens (primary N) is 1. The lowest BCUT2D eigenvalue weighted by Crippen LogP contribution is -2.33. The van der Waals surface area contributed by atoms with Gasteiger partial charge in [-0.05, 0) is 36.8 Å². The summed E-state index contributed by atoms with van der Waals surface area (Å²) in [4.78, 5) is 26.0. The highest BCUT2D eigenvalue weighted by molar-refractivity contribution is 5.84. The van der Waals surface area contributed by atoms with Crippen LogP contribution in [0.4, 0.5) is 11.8 Å². The van der Waals surface area contributed by atoms with Crippen molar-refractivity contribution in [2.24, 2.45) is 5.73 Å². The van der Waals surface area contributed by atoms with Crippen LogP contribution in [0.2, 0.25) is 0 Å². The van der Waals surface area contributed by atoms with Crippen molar-refractivity contribution >= 4 is 29.4 Å². The number of nitrogens with one attached hydrogen (secondary N) is 3. The SMILES string of the molecule is CC(C)c1nnc([C@H]2O[C@@H](n3cnc4c(NCC(c5ccccc5)c5ccccc5)nc(N[C@H]5CC[C@H](N)CC5)nc43)[C@H](O)[C@@H]2O)[nH]1.O=CO. The fourth-order valence-electron chi connectivity index (χ4n) is 6.53. The van der Waals surface area contributed by atoms with Crippen LogP contribution < -0.4 is 16.4 Å².